The molecule has 224 valence electrons. The number of nitrogens with zero attached hydrogens (tertiary/aromatic N) is 1. The Kier molecular flexibility index (Phi) is 11.2. The summed E-state index contributed by atoms with van der Waals surface area (Å²) in [7, 11) is 0. The van der Waals surface area contributed by atoms with Crippen molar-refractivity contribution in [1.82, 2.24) is 20.9 Å². The highest BCUT2D eigenvalue weighted by Crippen LogP contribution is 2.41. The van der Waals surface area contributed by atoms with Gasteiger partial charge >= 0.3 is 6.09 Å². The van der Waals surface area contributed by atoms with E-state index in [1.807, 2.05) is 19.9 Å². The van der Waals surface area contributed by atoms with Gasteiger partial charge in [-0.15, -0.1) is 0 Å². The van der Waals surface area contributed by atoms with Gasteiger partial charge < -0.3 is 25.4 Å². The maximum absolute atomic E-state index is 13.4. The molecular weight excluding hydrogens is 527 g/mol. The van der Waals surface area contributed by atoms with Crippen molar-refractivity contribution in [3.63, 3.8) is 0 Å². The van der Waals surface area contributed by atoms with Gasteiger partial charge in [-0.3, -0.25) is 9.59 Å². The highest BCUT2D eigenvalue weighted by Gasteiger charge is 2.37. The number of pyridine rings is 1. The van der Waals surface area contributed by atoms with E-state index in [4.69, 9.17) is 14.5 Å². The maximum Gasteiger partial charge on any atom is 0.407 e. The van der Waals surface area contributed by atoms with Crippen molar-refractivity contribution in [2.45, 2.75) is 83.8 Å². The molecule has 3 rings (SSSR count). The average molecular weight is 571 g/mol. The Bertz CT molecular complexity index is 1190. The lowest BCUT2D eigenvalue weighted by Crippen LogP contribution is -2.58. The number of amides is 3. The molecule has 9 nitrogen and oxygen atoms in total. The third-order valence-corrected chi connectivity index (χ3v) is 6.99. The smallest absolute Gasteiger partial charge is 0.407 e. The minimum absolute atomic E-state index is 0.242. The second-order valence-electron chi connectivity index (χ2n) is 11.4. The van der Waals surface area contributed by atoms with Crippen LogP contribution in [0.15, 0.2) is 36.4 Å². The number of alkyl carbamates (subject to hydrolysis) is 1. The molecule has 1 heterocycles. The van der Waals surface area contributed by atoms with E-state index in [0.717, 1.165) is 29.7 Å². The van der Waals surface area contributed by atoms with Crippen molar-refractivity contribution < 1.29 is 28.2 Å². The summed E-state index contributed by atoms with van der Waals surface area (Å²) in [5.74, 6) is -0.585. The molecule has 0 aliphatic heterocycles. The number of hydrogen-bond acceptors (Lipinski definition) is 6. The third kappa shape index (κ3) is 9.81. The van der Waals surface area contributed by atoms with E-state index >= 15 is 0 Å². The van der Waals surface area contributed by atoms with Gasteiger partial charge in [-0.2, -0.15) is 0 Å². The first kappa shape index (κ1) is 32.0. The number of ether oxygens (including phenoxy) is 2. The van der Waals surface area contributed by atoms with Crippen molar-refractivity contribution in [2.24, 2.45) is 0 Å². The molecule has 3 N–H and O–H groups in total. The van der Waals surface area contributed by atoms with Crippen molar-refractivity contribution in [3.05, 3.63) is 64.7 Å². The summed E-state index contributed by atoms with van der Waals surface area (Å²) >= 11 is 0. The highest BCUT2D eigenvalue weighted by molar-refractivity contribution is 5.98. The van der Waals surface area contributed by atoms with Gasteiger partial charge in [-0.25, -0.2) is 14.2 Å². The highest BCUT2D eigenvalue weighted by atomic mass is 19.1. The predicted molar refractivity (Wildman–Crippen MR) is 154 cm³/mol. The Morgan fingerprint density at radius 1 is 0.951 bits per heavy atom. The average Bonchev–Trinajstić information content (AvgIpc) is 3.77. The first-order valence-corrected chi connectivity index (χ1v) is 14.4. The normalized spacial score (nSPS) is 13.4. The molecule has 0 bridgehead atoms. The Labute approximate surface area is 242 Å². The van der Waals surface area contributed by atoms with E-state index in [1.54, 1.807) is 39.0 Å². The number of benzene rings is 1. The molecule has 2 aromatic rings. The summed E-state index contributed by atoms with van der Waals surface area (Å²) in [6, 6.07) is 9.96. The Morgan fingerprint density at radius 3 is 2.17 bits per heavy atom. The molecule has 41 heavy (non-hydrogen) atoms. The second kappa shape index (κ2) is 14.4. The molecule has 1 aliphatic carbocycles. The van der Waals surface area contributed by atoms with Crippen LogP contribution in [0.25, 0.3) is 0 Å². The van der Waals surface area contributed by atoms with E-state index in [0.29, 0.717) is 25.2 Å². The quantitative estimate of drug-likeness (QED) is 0.285. The van der Waals surface area contributed by atoms with E-state index in [2.05, 4.69) is 16.0 Å². The summed E-state index contributed by atoms with van der Waals surface area (Å²) in [5.41, 5.74) is 1.39. The van der Waals surface area contributed by atoms with Crippen LogP contribution in [-0.4, -0.2) is 60.3 Å². The molecule has 1 aromatic carbocycles. The molecule has 1 saturated carbocycles. The van der Waals surface area contributed by atoms with Gasteiger partial charge in [-0.05, 0) is 81.7 Å². The predicted octanol–water partition coefficient (Wildman–Crippen LogP) is 4.64. The fourth-order valence-corrected chi connectivity index (χ4v) is 4.48. The molecule has 3 amide bonds. The number of halogens is 1. The monoisotopic (exact) mass is 570 g/mol. The molecule has 10 heteroatoms. The lowest BCUT2D eigenvalue weighted by Gasteiger charge is -2.31. The van der Waals surface area contributed by atoms with Crippen LogP contribution < -0.4 is 16.0 Å². The van der Waals surface area contributed by atoms with E-state index in [1.165, 1.54) is 12.1 Å². The van der Waals surface area contributed by atoms with Gasteiger partial charge in [0.05, 0.1) is 13.2 Å². The summed E-state index contributed by atoms with van der Waals surface area (Å²) in [5, 5.41) is 8.40. The molecule has 0 atom stereocenters. The van der Waals surface area contributed by atoms with Crippen LogP contribution in [0.4, 0.5) is 9.18 Å². The van der Waals surface area contributed by atoms with Gasteiger partial charge in [0.25, 0.3) is 5.91 Å². The van der Waals surface area contributed by atoms with Gasteiger partial charge in [0.15, 0.2) is 0 Å². The first-order valence-electron chi connectivity index (χ1n) is 14.4. The molecular formula is C31H43FN4O5. The van der Waals surface area contributed by atoms with Gasteiger partial charge in [0, 0.05) is 25.2 Å². The molecule has 0 saturated heterocycles. The molecule has 0 unspecified atom stereocenters. The lowest BCUT2D eigenvalue weighted by atomic mass is 9.91. The zero-order valence-corrected chi connectivity index (χ0v) is 24.8. The van der Waals surface area contributed by atoms with Crippen LogP contribution in [0.5, 0.6) is 0 Å². The van der Waals surface area contributed by atoms with Gasteiger partial charge in [-0.1, -0.05) is 32.0 Å². The summed E-state index contributed by atoms with van der Waals surface area (Å²) in [6.45, 7) is 10.1. The third-order valence-electron chi connectivity index (χ3n) is 6.99. The maximum atomic E-state index is 13.4. The summed E-state index contributed by atoms with van der Waals surface area (Å²) < 4.78 is 24.1. The van der Waals surface area contributed by atoms with Crippen molar-refractivity contribution in [2.75, 3.05) is 26.3 Å². The van der Waals surface area contributed by atoms with E-state index in [-0.39, 0.29) is 43.7 Å². The lowest BCUT2D eigenvalue weighted by molar-refractivity contribution is -0.128. The van der Waals surface area contributed by atoms with Crippen molar-refractivity contribution >= 4 is 17.9 Å². The molecule has 1 aliphatic rings. The molecule has 0 spiro atoms. The number of hydrogen-bond donors (Lipinski definition) is 3. The van der Waals surface area contributed by atoms with Crippen LogP contribution in [0.1, 0.15) is 93.5 Å². The first-order chi connectivity index (χ1) is 19.5. The van der Waals surface area contributed by atoms with Crippen LogP contribution in [0, 0.1) is 5.82 Å². The number of carbonyl (C=O) groups excluding carboxylic acids is 3. The number of nitrogens with one attached hydrogen (secondary N) is 3. The zero-order chi connectivity index (χ0) is 30.0. The number of aromatic nitrogens is 1. The fraction of sp³-hybridized carbons (Fsp3) is 0.548. The zero-order valence-electron chi connectivity index (χ0n) is 24.8. The van der Waals surface area contributed by atoms with Crippen LogP contribution in [0.3, 0.4) is 0 Å². The van der Waals surface area contributed by atoms with Crippen molar-refractivity contribution in [1.29, 1.82) is 0 Å². The Balaban J connectivity index is 1.55. The summed E-state index contributed by atoms with van der Waals surface area (Å²) in [6.07, 6.45) is 2.94. The van der Waals surface area contributed by atoms with Crippen LogP contribution >= 0.6 is 0 Å². The van der Waals surface area contributed by atoms with Crippen LogP contribution in [0.2, 0.25) is 0 Å². The minimum atomic E-state index is -1.11. The topological polar surface area (TPSA) is 119 Å². The Hall–Kier alpha value is -3.53. The molecule has 1 aromatic heterocycles. The van der Waals surface area contributed by atoms with E-state index in [9.17, 15) is 18.8 Å². The second-order valence-corrected chi connectivity index (χ2v) is 11.4. The Morgan fingerprint density at radius 2 is 1.59 bits per heavy atom. The number of carbonyl (C=O) groups is 3. The molecule has 0 radical (unpaired) electrons. The SMILES string of the molecule is CCC(CC)(NC(=O)c1ccc(C2CC2)c(Cc2ccc(F)cc2)n1)C(=O)NCCOCCNC(=O)OC(C)(C)C. The largest absolute Gasteiger partial charge is 0.444 e. The fourth-order valence-electron chi connectivity index (χ4n) is 4.48. The van der Waals surface area contributed by atoms with E-state index < -0.39 is 23.1 Å². The minimum Gasteiger partial charge on any atom is -0.444 e. The van der Waals surface area contributed by atoms with Gasteiger partial charge in [0.1, 0.15) is 22.7 Å². The number of rotatable bonds is 14. The standard InChI is InChI=1S/C31H43FN4O5/c1-6-31(7-2,28(38)33-16-18-40-19-17-34-29(39)41-30(3,4)5)36-27(37)25-15-14-24(22-10-11-22)26(35-25)20-21-8-12-23(32)13-9-21/h8-9,12-15,22H,6-7,10-11,16-20H2,1-5H3,(H,33,38)(H,34,39)(H,36,37). The van der Waals surface area contributed by atoms with Crippen LogP contribution in [-0.2, 0) is 20.7 Å². The molecule has 1 fully saturated rings. The summed E-state index contributed by atoms with van der Waals surface area (Å²) in [4.78, 5) is 42.9. The van der Waals surface area contributed by atoms with Crippen molar-refractivity contribution in [3.8, 4) is 0 Å². The van der Waals surface area contributed by atoms with Gasteiger partial charge in [0.2, 0.25) is 5.91 Å².